The first-order valence-corrected chi connectivity index (χ1v) is 22.9. The van der Waals surface area contributed by atoms with Crippen LogP contribution in [0.15, 0.2) is 48.6 Å². The maximum absolute atomic E-state index is 12.7. The number of carbonyl (C=O) groups is 2. The summed E-state index contributed by atoms with van der Waals surface area (Å²) in [4.78, 5) is 37.5. The highest BCUT2D eigenvalue weighted by Crippen LogP contribution is 2.38. The molecule has 0 saturated carbocycles. The van der Waals surface area contributed by atoms with Crippen molar-refractivity contribution in [2.24, 2.45) is 0 Å². The Morgan fingerprint density at radius 3 is 1.84 bits per heavy atom. The lowest BCUT2D eigenvalue weighted by molar-refractivity contribution is -0.870. The van der Waals surface area contributed by atoms with Crippen molar-refractivity contribution in [1.29, 1.82) is 0 Å². The third-order valence-electron chi connectivity index (χ3n) is 9.22. The van der Waals surface area contributed by atoms with Crippen molar-refractivity contribution in [3.8, 4) is 0 Å². The Kier molecular flexibility index (Phi) is 30.5. The van der Waals surface area contributed by atoms with Crippen LogP contribution in [0.4, 0.5) is 0 Å². The van der Waals surface area contributed by atoms with E-state index in [1.807, 2.05) is 27.2 Å². The first kappa shape index (κ1) is 50.9. The zero-order valence-corrected chi connectivity index (χ0v) is 36.2. The Morgan fingerprint density at radius 1 is 0.655 bits per heavy atom. The number of hydrogen-bond donors (Lipinski definition) is 0. The van der Waals surface area contributed by atoms with Gasteiger partial charge in [0.05, 0.1) is 40.0 Å². The van der Waals surface area contributed by atoms with Crippen molar-refractivity contribution < 1.29 is 46.8 Å². The number of rotatable bonds is 37. The molecule has 11 heteroatoms. The summed E-state index contributed by atoms with van der Waals surface area (Å²) in [5.74, 6) is -0.922. The van der Waals surface area contributed by atoms with Crippen molar-refractivity contribution in [3.05, 3.63) is 48.6 Å². The summed E-state index contributed by atoms with van der Waals surface area (Å²) < 4.78 is 39.6. The van der Waals surface area contributed by atoms with Crippen LogP contribution in [0, 0.1) is 0 Å². The highest BCUT2D eigenvalue weighted by atomic mass is 31.2. The van der Waals surface area contributed by atoms with Crippen LogP contribution in [0.1, 0.15) is 155 Å². The summed E-state index contributed by atoms with van der Waals surface area (Å²) in [6.07, 6.45) is 38.8. The minimum atomic E-state index is -4.65. The van der Waals surface area contributed by atoms with E-state index in [0.29, 0.717) is 30.3 Å². The topological polar surface area (TPSA) is 124 Å². The van der Waals surface area contributed by atoms with Crippen LogP contribution < -0.4 is 4.89 Å². The average molecular weight is 796 g/mol. The molecule has 10 nitrogen and oxygen atoms in total. The van der Waals surface area contributed by atoms with Crippen LogP contribution in [0.3, 0.4) is 0 Å². The Labute approximate surface area is 335 Å². The molecule has 1 fully saturated rings. The quantitative estimate of drug-likeness (QED) is 0.0151. The number of epoxide rings is 1. The average Bonchev–Trinajstić information content (AvgIpc) is 3.89. The standard InChI is InChI=1S/C44H78NO9P/c1-6-8-10-12-14-16-17-18-19-21-23-25-30-34-43(46)50-38-40(39-52-55(48,49)51-37-36-45(3,4)5)53-44(47)35-31-27-26-29-33-42-41(54-42)32-28-24-22-20-15-13-11-9-7-2/h15-17,20,24,26,28-29,40-42H,6-14,18-19,21-23,25,27,30-39H2,1-5H3/b17-16-,20-15-,28-24-,29-26-/t40-,41?,42?/m1/s1. The van der Waals surface area contributed by atoms with E-state index in [-0.39, 0.29) is 38.3 Å². The molecule has 0 aromatic carbocycles. The van der Waals surface area contributed by atoms with Crippen LogP contribution in [-0.4, -0.2) is 82.2 Å². The van der Waals surface area contributed by atoms with Crippen LogP contribution in [0.5, 0.6) is 0 Å². The second-order valence-electron chi connectivity index (χ2n) is 15.7. The first-order chi connectivity index (χ1) is 26.5. The zero-order chi connectivity index (χ0) is 40.5. The van der Waals surface area contributed by atoms with Gasteiger partial charge in [0, 0.05) is 12.8 Å². The minimum Gasteiger partial charge on any atom is -0.756 e. The van der Waals surface area contributed by atoms with Crippen molar-refractivity contribution in [3.63, 3.8) is 0 Å². The normalized spacial score (nSPS) is 17.8. The third-order valence-corrected chi connectivity index (χ3v) is 10.2. The van der Waals surface area contributed by atoms with Crippen molar-refractivity contribution in [2.45, 2.75) is 173 Å². The zero-order valence-electron chi connectivity index (χ0n) is 35.3. The van der Waals surface area contributed by atoms with E-state index >= 15 is 0 Å². The van der Waals surface area contributed by atoms with Crippen LogP contribution in [-0.2, 0) is 37.4 Å². The second-order valence-corrected chi connectivity index (χ2v) is 17.1. The third kappa shape index (κ3) is 33.8. The number of esters is 2. The van der Waals surface area contributed by atoms with E-state index in [4.69, 9.17) is 23.3 Å². The van der Waals surface area contributed by atoms with Gasteiger partial charge < -0.3 is 32.6 Å². The fourth-order valence-corrected chi connectivity index (χ4v) is 6.41. The second kappa shape index (κ2) is 33.0. The Hall–Kier alpha value is -2.07. The number of quaternary nitrogens is 1. The number of carbonyl (C=O) groups excluding carboxylic acids is 2. The number of nitrogens with zero attached hydrogens (tertiary/aromatic N) is 1. The van der Waals surface area contributed by atoms with Crippen molar-refractivity contribution in [2.75, 3.05) is 47.5 Å². The summed E-state index contributed by atoms with van der Waals surface area (Å²) in [5, 5.41) is 0. The molecule has 1 rings (SSSR count). The van der Waals surface area contributed by atoms with E-state index < -0.39 is 32.5 Å². The van der Waals surface area contributed by atoms with E-state index in [2.05, 4.69) is 56.4 Å². The first-order valence-electron chi connectivity index (χ1n) is 21.5. The molecule has 1 saturated heterocycles. The molecule has 0 aromatic rings. The molecule has 0 spiro atoms. The summed E-state index contributed by atoms with van der Waals surface area (Å²) in [5.41, 5.74) is 0. The van der Waals surface area contributed by atoms with Crippen LogP contribution >= 0.6 is 7.82 Å². The molecular weight excluding hydrogens is 717 g/mol. The monoisotopic (exact) mass is 796 g/mol. The predicted molar refractivity (Wildman–Crippen MR) is 221 cm³/mol. The number of allylic oxidation sites excluding steroid dienone is 6. The molecule has 0 amide bonds. The molecule has 0 aromatic heterocycles. The van der Waals surface area contributed by atoms with Gasteiger partial charge in [0.2, 0.25) is 0 Å². The highest BCUT2D eigenvalue weighted by Gasteiger charge is 2.36. The van der Waals surface area contributed by atoms with Gasteiger partial charge in [-0.2, -0.15) is 0 Å². The maximum Gasteiger partial charge on any atom is 0.306 e. The summed E-state index contributed by atoms with van der Waals surface area (Å²) >= 11 is 0. The molecule has 1 aliphatic heterocycles. The van der Waals surface area contributed by atoms with Gasteiger partial charge in [0.1, 0.15) is 19.8 Å². The summed E-state index contributed by atoms with van der Waals surface area (Å²) in [7, 11) is 1.11. The smallest absolute Gasteiger partial charge is 0.306 e. The predicted octanol–water partition coefficient (Wildman–Crippen LogP) is 10.3. The van der Waals surface area contributed by atoms with Crippen LogP contribution in [0.2, 0.25) is 0 Å². The molecule has 0 radical (unpaired) electrons. The SMILES string of the molecule is CCCCC/C=C\C/C=C\CC1OC1C/C=C\CCCC(=O)O[C@H](COC(=O)CCCCCCC/C=C\CCCCCC)COP(=O)([O-])OCC[N+](C)(C)C. The summed E-state index contributed by atoms with van der Waals surface area (Å²) in [6.45, 7) is 4.07. The molecular formula is C44H78NO9P. The molecule has 3 unspecified atom stereocenters. The molecule has 0 bridgehead atoms. The van der Waals surface area contributed by atoms with Gasteiger partial charge in [0.25, 0.3) is 7.82 Å². The van der Waals surface area contributed by atoms with Gasteiger partial charge in [-0.1, -0.05) is 114 Å². The van der Waals surface area contributed by atoms with Gasteiger partial charge in [-0.15, -0.1) is 0 Å². The lowest BCUT2D eigenvalue weighted by Gasteiger charge is -2.28. The maximum atomic E-state index is 12.7. The van der Waals surface area contributed by atoms with Gasteiger partial charge in [-0.05, 0) is 77.0 Å². The molecule has 0 aliphatic carbocycles. The fraction of sp³-hybridized carbons (Fsp3) is 0.773. The summed E-state index contributed by atoms with van der Waals surface area (Å²) in [6, 6.07) is 0. The molecule has 318 valence electrons. The Morgan fingerprint density at radius 2 is 1.16 bits per heavy atom. The number of ether oxygens (including phenoxy) is 3. The van der Waals surface area contributed by atoms with E-state index in [1.165, 1.54) is 51.4 Å². The number of unbranched alkanes of at least 4 members (excludes halogenated alkanes) is 13. The van der Waals surface area contributed by atoms with Crippen LogP contribution in [0.25, 0.3) is 0 Å². The van der Waals surface area contributed by atoms with E-state index in [9.17, 15) is 19.0 Å². The van der Waals surface area contributed by atoms with Gasteiger partial charge in [0.15, 0.2) is 6.10 Å². The van der Waals surface area contributed by atoms with Gasteiger partial charge >= 0.3 is 11.9 Å². The number of hydrogen-bond acceptors (Lipinski definition) is 9. The Bertz CT molecular complexity index is 1150. The highest BCUT2D eigenvalue weighted by molar-refractivity contribution is 7.45. The lowest BCUT2D eigenvalue weighted by atomic mass is 10.1. The molecule has 55 heavy (non-hydrogen) atoms. The van der Waals surface area contributed by atoms with E-state index in [0.717, 1.165) is 57.8 Å². The van der Waals surface area contributed by atoms with Crippen molar-refractivity contribution in [1.82, 2.24) is 0 Å². The molecule has 4 atom stereocenters. The fourth-order valence-electron chi connectivity index (χ4n) is 5.68. The van der Waals surface area contributed by atoms with Gasteiger partial charge in [-0.25, -0.2) is 0 Å². The Balaban J connectivity index is 2.36. The molecule has 0 N–H and O–H groups in total. The molecule has 1 heterocycles. The number of phosphoric ester groups is 1. The van der Waals surface area contributed by atoms with Gasteiger partial charge in [-0.3, -0.25) is 14.2 Å². The number of phosphoric acid groups is 1. The van der Waals surface area contributed by atoms with E-state index in [1.54, 1.807) is 0 Å². The lowest BCUT2D eigenvalue weighted by Crippen LogP contribution is -2.37. The largest absolute Gasteiger partial charge is 0.756 e. The molecule has 1 aliphatic rings. The number of likely N-dealkylation sites (N-methyl/N-ethyl adjacent to an activating group) is 1. The minimum absolute atomic E-state index is 0.0469. The van der Waals surface area contributed by atoms with Crippen molar-refractivity contribution >= 4 is 19.8 Å².